The average Bonchev–Trinajstić information content (AvgIpc) is 3.08. The van der Waals surface area contributed by atoms with Gasteiger partial charge in [-0.1, -0.05) is 71.7 Å². The molecule has 0 saturated carbocycles. The van der Waals surface area contributed by atoms with Gasteiger partial charge in [0.2, 0.25) is 31.8 Å². The third kappa shape index (κ3) is 7.78. The lowest BCUT2D eigenvalue weighted by molar-refractivity contribution is -0.0846. The summed E-state index contributed by atoms with van der Waals surface area (Å²) in [5.74, 6) is 0.990. The Morgan fingerprint density at radius 1 is 0.604 bits per heavy atom. The summed E-state index contributed by atoms with van der Waals surface area (Å²) in [4.78, 5) is 14.1. The lowest BCUT2D eigenvalue weighted by Gasteiger charge is -2.59. The number of hydrogen-bond acceptors (Lipinski definition) is 10. The van der Waals surface area contributed by atoms with Crippen LogP contribution in [-0.4, -0.2) is 124 Å². The van der Waals surface area contributed by atoms with Crippen molar-refractivity contribution in [3.05, 3.63) is 81.8 Å². The molecule has 0 bridgehead atoms. The first-order valence-electron chi connectivity index (χ1n) is 17.2. The molecule has 2 aromatic carbocycles. The van der Waals surface area contributed by atoms with E-state index < -0.39 is 20.0 Å². The average molecular weight is 802 g/mol. The summed E-state index contributed by atoms with van der Waals surface area (Å²) in [5, 5.41) is 0.987. The second-order valence-electron chi connectivity index (χ2n) is 14.2. The van der Waals surface area contributed by atoms with E-state index in [-0.39, 0.29) is 5.41 Å². The molecule has 0 N–H and O–H groups in total. The van der Waals surface area contributed by atoms with E-state index >= 15 is 0 Å². The van der Waals surface area contributed by atoms with Crippen LogP contribution in [0.4, 0.5) is 0 Å². The standard InChI is InChI=1S/C37H42Cl2N6O6S2/c1-50-35-25(19-42-15-17-44(18-16-42)52(3,46)47)11-13-31(40-35)29-9-5-7-27(33(29)38)28-8-6-10-30(34(28)39)32-14-12-26(36(41-32)51-2)20-43-21-37(22-43)23-45(24-37)53(4,48)49/h5-14H,15-24H2,1-4H3. The lowest BCUT2D eigenvalue weighted by Crippen LogP contribution is -2.72. The van der Waals surface area contributed by atoms with Crippen molar-refractivity contribution in [3.8, 4) is 45.4 Å². The predicted octanol–water partition coefficient (Wildman–Crippen LogP) is 4.96. The molecule has 0 aliphatic carbocycles. The minimum atomic E-state index is -3.21. The van der Waals surface area contributed by atoms with Gasteiger partial charge in [0.1, 0.15) is 0 Å². The molecule has 12 nitrogen and oxygen atoms in total. The van der Waals surface area contributed by atoms with Gasteiger partial charge in [0, 0.05) is 104 Å². The maximum absolute atomic E-state index is 11.9. The number of hydrogen-bond donors (Lipinski definition) is 0. The summed E-state index contributed by atoms with van der Waals surface area (Å²) >= 11 is 14.2. The van der Waals surface area contributed by atoms with Gasteiger partial charge < -0.3 is 9.47 Å². The molecular formula is C37H42Cl2N6O6S2. The third-order valence-corrected chi connectivity index (χ3v) is 13.6. The molecule has 7 rings (SSSR count). The van der Waals surface area contributed by atoms with E-state index in [0.29, 0.717) is 85.6 Å². The molecule has 2 aromatic heterocycles. The van der Waals surface area contributed by atoms with Crippen LogP contribution in [0.25, 0.3) is 33.6 Å². The minimum absolute atomic E-state index is 0.0442. The highest BCUT2D eigenvalue weighted by Crippen LogP contribution is 2.44. The molecule has 1 spiro atoms. The number of rotatable bonds is 11. The van der Waals surface area contributed by atoms with Crippen LogP contribution in [0.5, 0.6) is 11.8 Å². The molecule has 0 amide bonds. The predicted molar refractivity (Wildman–Crippen MR) is 207 cm³/mol. The topological polar surface area (TPSA) is 125 Å². The Balaban J connectivity index is 1.08. The van der Waals surface area contributed by atoms with E-state index in [2.05, 4.69) is 9.80 Å². The number of aromatic nitrogens is 2. The fraction of sp³-hybridized carbons (Fsp3) is 0.405. The summed E-state index contributed by atoms with van der Waals surface area (Å²) < 4.78 is 62.0. The number of benzene rings is 2. The zero-order valence-corrected chi connectivity index (χ0v) is 33.2. The lowest BCUT2D eigenvalue weighted by atomic mass is 9.74. The first-order chi connectivity index (χ1) is 25.2. The van der Waals surface area contributed by atoms with E-state index in [9.17, 15) is 16.8 Å². The molecule has 3 saturated heterocycles. The summed E-state index contributed by atoms with van der Waals surface area (Å²) in [7, 11) is -3.16. The number of sulfonamides is 2. The summed E-state index contributed by atoms with van der Waals surface area (Å²) in [5.41, 5.74) is 6.13. The van der Waals surface area contributed by atoms with Gasteiger partial charge in [-0.05, 0) is 12.1 Å². The van der Waals surface area contributed by atoms with Gasteiger partial charge in [0.05, 0.1) is 48.2 Å². The summed E-state index contributed by atoms with van der Waals surface area (Å²) in [6, 6.07) is 19.4. The van der Waals surface area contributed by atoms with Crippen LogP contribution in [0, 0.1) is 5.41 Å². The molecule has 282 valence electrons. The summed E-state index contributed by atoms with van der Waals surface area (Å²) in [6.07, 6.45) is 2.50. The van der Waals surface area contributed by atoms with Crippen LogP contribution in [0.15, 0.2) is 60.7 Å². The first-order valence-corrected chi connectivity index (χ1v) is 21.6. The van der Waals surface area contributed by atoms with Crippen LogP contribution in [0.2, 0.25) is 10.0 Å². The van der Waals surface area contributed by atoms with Crippen molar-refractivity contribution in [2.24, 2.45) is 5.41 Å². The van der Waals surface area contributed by atoms with Crippen molar-refractivity contribution >= 4 is 43.2 Å². The van der Waals surface area contributed by atoms with Gasteiger partial charge in [-0.3, -0.25) is 9.80 Å². The highest BCUT2D eigenvalue weighted by Gasteiger charge is 2.54. The largest absolute Gasteiger partial charge is 0.481 e. The van der Waals surface area contributed by atoms with Gasteiger partial charge in [0.15, 0.2) is 0 Å². The Hall–Kier alpha value is -3.34. The van der Waals surface area contributed by atoms with Crippen molar-refractivity contribution in [2.75, 3.05) is 79.1 Å². The number of methoxy groups -OCH3 is 2. The maximum Gasteiger partial charge on any atom is 0.218 e. The number of nitrogens with zero attached hydrogens (tertiary/aromatic N) is 6. The van der Waals surface area contributed by atoms with Gasteiger partial charge >= 0.3 is 0 Å². The van der Waals surface area contributed by atoms with Gasteiger partial charge in [-0.2, -0.15) is 4.31 Å². The fourth-order valence-corrected chi connectivity index (χ4v) is 10.1. The minimum Gasteiger partial charge on any atom is -0.481 e. The quantitative estimate of drug-likeness (QED) is 0.206. The van der Waals surface area contributed by atoms with Crippen molar-refractivity contribution in [1.82, 2.24) is 28.4 Å². The van der Waals surface area contributed by atoms with E-state index in [1.807, 2.05) is 60.7 Å². The van der Waals surface area contributed by atoms with E-state index in [1.54, 1.807) is 14.2 Å². The molecule has 53 heavy (non-hydrogen) atoms. The van der Waals surface area contributed by atoms with Crippen molar-refractivity contribution in [1.29, 1.82) is 0 Å². The Labute approximate surface area is 321 Å². The molecule has 3 aliphatic rings. The van der Waals surface area contributed by atoms with Crippen LogP contribution in [0.1, 0.15) is 11.1 Å². The zero-order valence-electron chi connectivity index (χ0n) is 30.0. The number of ether oxygens (including phenoxy) is 2. The highest BCUT2D eigenvalue weighted by molar-refractivity contribution is 7.88. The normalized spacial score (nSPS) is 18.5. The fourth-order valence-electron chi connectivity index (χ4n) is 7.56. The van der Waals surface area contributed by atoms with Crippen LogP contribution < -0.4 is 9.47 Å². The van der Waals surface area contributed by atoms with Crippen LogP contribution in [0.3, 0.4) is 0 Å². The number of piperazine rings is 1. The molecule has 16 heteroatoms. The Bertz CT molecular complexity index is 2250. The van der Waals surface area contributed by atoms with Gasteiger partial charge in [0.25, 0.3) is 0 Å². The van der Waals surface area contributed by atoms with Gasteiger partial charge in [-0.25, -0.2) is 31.1 Å². The summed E-state index contributed by atoms with van der Waals surface area (Å²) in [6.45, 7) is 6.17. The Morgan fingerprint density at radius 3 is 1.47 bits per heavy atom. The SMILES string of the molecule is COc1nc(-c2cccc(-c3cccc(-c4ccc(CN5CC6(C5)CN(S(C)(=O)=O)C6)c(OC)n4)c3Cl)c2Cl)ccc1CN1CCN(S(C)(=O)=O)CC1. The van der Waals surface area contributed by atoms with Crippen LogP contribution in [-0.2, 0) is 33.1 Å². The second kappa shape index (κ2) is 14.7. The van der Waals surface area contributed by atoms with E-state index in [1.165, 1.54) is 21.1 Å². The molecule has 0 unspecified atom stereocenters. The number of pyridine rings is 2. The Morgan fingerprint density at radius 2 is 1.04 bits per heavy atom. The van der Waals surface area contributed by atoms with Gasteiger partial charge in [-0.15, -0.1) is 0 Å². The van der Waals surface area contributed by atoms with Crippen molar-refractivity contribution in [2.45, 2.75) is 13.1 Å². The first kappa shape index (κ1) is 38.0. The van der Waals surface area contributed by atoms with Crippen molar-refractivity contribution in [3.63, 3.8) is 0 Å². The van der Waals surface area contributed by atoms with E-state index in [4.69, 9.17) is 42.6 Å². The van der Waals surface area contributed by atoms with Crippen molar-refractivity contribution < 1.29 is 26.3 Å². The second-order valence-corrected chi connectivity index (χ2v) is 18.9. The molecule has 4 aromatic rings. The highest BCUT2D eigenvalue weighted by atomic mass is 35.5. The molecular weight excluding hydrogens is 759 g/mol. The Kier molecular flexibility index (Phi) is 10.5. The van der Waals surface area contributed by atoms with E-state index in [0.717, 1.165) is 46.5 Å². The molecule has 3 aliphatic heterocycles. The maximum atomic E-state index is 11.9. The number of likely N-dealkylation sites (tertiary alicyclic amines) is 1. The molecule has 5 heterocycles. The number of halogens is 2. The monoisotopic (exact) mass is 800 g/mol. The zero-order chi connectivity index (χ0) is 37.7. The molecule has 3 fully saturated rings. The van der Waals surface area contributed by atoms with Crippen LogP contribution >= 0.6 is 23.2 Å². The smallest absolute Gasteiger partial charge is 0.218 e. The molecule has 0 atom stereocenters. The molecule has 0 radical (unpaired) electrons. The third-order valence-electron chi connectivity index (χ3n) is 10.3.